The zero-order valence-corrected chi connectivity index (χ0v) is 14.6. The first-order chi connectivity index (χ1) is 12.2. The number of hydrogen-bond acceptors (Lipinski definition) is 4. The van der Waals surface area contributed by atoms with Crippen molar-refractivity contribution < 1.29 is 9.53 Å². The number of H-pyrrole nitrogens is 1. The molecule has 2 heterocycles. The number of fused-ring (bicyclic) bond motifs is 1. The molecule has 0 aliphatic heterocycles. The number of aromatic amines is 1. The van der Waals surface area contributed by atoms with E-state index >= 15 is 0 Å². The second kappa shape index (κ2) is 7.83. The van der Waals surface area contributed by atoms with Crippen LogP contribution in [0.25, 0.3) is 11.0 Å². The Morgan fingerprint density at radius 2 is 2.28 bits per heavy atom. The molecular formula is C18H23N5O2. The van der Waals surface area contributed by atoms with Gasteiger partial charge in [-0.25, -0.2) is 9.97 Å². The second-order valence-electron chi connectivity index (χ2n) is 6.04. The van der Waals surface area contributed by atoms with E-state index in [1.165, 1.54) is 0 Å². The molecule has 0 fully saturated rings. The Labute approximate surface area is 146 Å². The zero-order valence-electron chi connectivity index (χ0n) is 14.6. The Morgan fingerprint density at radius 3 is 3.04 bits per heavy atom. The van der Waals surface area contributed by atoms with Crippen LogP contribution in [-0.2, 0) is 17.8 Å². The van der Waals surface area contributed by atoms with E-state index in [0.717, 1.165) is 35.6 Å². The quantitative estimate of drug-likeness (QED) is 0.682. The van der Waals surface area contributed by atoms with Crippen LogP contribution in [0.4, 0.5) is 0 Å². The van der Waals surface area contributed by atoms with Crippen LogP contribution in [0.15, 0.2) is 36.9 Å². The van der Waals surface area contributed by atoms with Crippen LogP contribution in [0.3, 0.4) is 0 Å². The summed E-state index contributed by atoms with van der Waals surface area (Å²) in [5.74, 6) is 1.83. The van der Waals surface area contributed by atoms with Gasteiger partial charge in [0.2, 0.25) is 5.91 Å². The monoisotopic (exact) mass is 341 g/mol. The minimum atomic E-state index is 0.151. The molecule has 2 aromatic heterocycles. The Kier molecular flexibility index (Phi) is 5.33. The van der Waals surface area contributed by atoms with Crippen LogP contribution in [-0.4, -0.2) is 51.0 Å². The number of methoxy groups -OCH3 is 1. The predicted molar refractivity (Wildman–Crippen MR) is 95.4 cm³/mol. The van der Waals surface area contributed by atoms with Crippen molar-refractivity contribution in [3.8, 4) is 5.75 Å². The fourth-order valence-corrected chi connectivity index (χ4v) is 2.71. The summed E-state index contributed by atoms with van der Waals surface area (Å²) >= 11 is 0. The van der Waals surface area contributed by atoms with E-state index in [1.807, 2.05) is 36.0 Å². The normalized spacial score (nSPS) is 11.0. The fourth-order valence-electron chi connectivity index (χ4n) is 2.71. The molecule has 0 spiro atoms. The van der Waals surface area contributed by atoms with Crippen molar-refractivity contribution in [3.05, 3.63) is 42.7 Å². The molecule has 0 aliphatic rings. The Hall–Kier alpha value is -2.83. The lowest BCUT2D eigenvalue weighted by Gasteiger charge is -2.16. The maximum absolute atomic E-state index is 12.2. The SMILES string of the molecule is COc1ccc2nc(CCN(C)C(=O)CCCn3ccnc3)[nH]c2c1. The smallest absolute Gasteiger partial charge is 0.222 e. The molecule has 0 radical (unpaired) electrons. The number of ether oxygens (including phenoxy) is 1. The lowest BCUT2D eigenvalue weighted by molar-refractivity contribution is -0.130. The van der Waals surface area contributed by atoms with Gasteiger partial charge in [-0.05, 0) is 18.6 Å². The molecule has 1 aromatic carbocycles. The highest BCUT2D eigenvalue weighted by Crippen LogP contribution is 2.18. The summed E-state index contributed by atoms with van der Waals surface area (Å²) in [6, 6.07) is 5.75. The summed E-state index contributed by atoms with van der Waals surface area (Å²) in [5, 5.41) is 0. The standard InChI is InChI=1S/C18H23N5O2/c1-22(18(24)4-3-9-23-11-8-19-13-23)10-7-17-20-15-6-5-14(25-2)12-16(15)21-17/h5-6,8,11-13H,3-4,7,9-10H2,1-2H3,(H,20,21). The van der Waals surface area contributed by atoms with E-state index in [2.05, 4.69) is 15.0 Å². The highest BCUT2D eigenvalue weighted by molar-refractivity contribution is 5.77. The van der Waals surface area contributed by atoms with E-state index in [1.54, 1.807) is 24.5 Å². The van der Waals surface area contributed by atoms with Gasteiger partial charge >= 0.3 is 0 Å². The molecule has 7 nitrogen and oxygen atoms in total. The molecule has 3 rings (SSSR count). The first kappa shape index (κ1) is 17.0. The number of carbonyl (C=O) groups is 1. The van der Waals surface area contributed by atoms with Crippen molar-refractivity contribution in [1.29, 1.82) is 0 Å². The van der Waals surface area contributed by atoms with Crippen molar-refractivity contribution in [1.82, 2.24) is 24.4 Å². The number of nitrogens with zero attached hydrogens (tertiary/aromatic N) is 4. The van der Waals surface area contributed by atoms with Gasteiger partial charge < -0.3 is 19.2 Å². The molecule has 0 bridgehead atoms. The second-order valence-corrected chi connectivity index (χ2v) is 6.04. The van der Waals surface area contributed by atoms with Crippen LogP contribution in [0.2, 0.25) is 0 Å². The highest BCUT2D eigenvalue weighted by atomic mass is 16.5. The zero-order chi connectivity index (χ0) is 17.6. The van der Waals surface area contributed by atoms with Gasteiger partial charge in [0.1, 0.15) is 11.6 Å². The number of benzene rings is 1. The summed E-state index contributed by atoms with van der Waals surface area (Å²) in [4.78, 5) is 25.8. The van der Waals surface area contributed by atoms with Crippen molar-refractivity contribution in [3.63, 3.8) is 0 Å². The van der Waals surface area contributed by atoms with Crippen LogP contribution in [0, 0.1) is 0 Å². The summed E-state index contributed by atoms with van der Waals surface area (Å²) < 4.78 is 7.20. The summed E-state index contributed by atoms with van der Waals surface area (Å²) in [7, 11) is 3.48. The van der Waals surface area contributed by atoms with Gasteiger partial charge in [0.25, 0.3) is 0 Å². The van der Waals surface area contributed by atoms with Crippen molar-refractivity contribution in [2.45, 2.75) is 25.8 Å². The Balaban J connectivity index is 1.47. The van der Waals surface area contributed by atoms with Crippen LogP contribution >= 0.6 is 0 Å². The molecule has 0 saturated carbocycles. The lowest BCUT2D eigenvalue weighted by atomic mass is 10.2. The topological polar surface area (TPSA) is 76.0 Å². The molecule has 1 amide bonds. The summed E-state index contributed by atoms with van der Waals surface area (Å²) in [6.45, 7) is 1.45. The Bertz CT molecular complexity index is 825. The third-order valence-corrected chi connectivity index (χ3v) is 4.21. The highest BCUT2D eigenvalue weighted by Gasteiger charge is 2.10. The summed E-state index contributed by atoms with van der Waals surface area (Å²) in [5.41, 5.74) is 1.86. The number of carbonyl (C=O) groups excluding carboxylic acids is 1. The maximum atomic E-state index is 12.2. The molecule has 1 N–H and O–H groups in total. The number of imidazole rings is 2. The largest absolute Gasteiger partial charge is 0.497 e. The van der Waals surface area contributed by atoms with Crippen LogP contribution in [0.1, 0.15) is 18.7 Å². The number of amides is 1. The van der Waals surface area contributed by atoms with Crippen molar-refractivity contribution in [2.24, 2.45) is 0 Å². The average molecular weight is 341 g/mol. The molecule has 7 heteroatoms. The van der Waals surface area contributed by atoms with Crippen LogP contribution < -0.4 is 4.74 Å². The summed E-state index contributed by atoms with van der Waals surface area (Å²) in [6.07, 6.45) is 7.46. The van der Waals surface area contributed by atoms with E-state index in [-0.39, 0.29) is 5.91 Å². The molecule has 0 unspecified atom stereocenters. The van der Waals surface area contributed by atoms with E-state index < -0.39 is 0 Å². The van der Waals surface area contributed by atoms with Gasteiger partial charge in [0, 0.05) is 51.4 Å². The number of aromatic nitrogens is 4. The minimum absolute atomic E-state index is 0.151. The van der Waals surface area contributed by atoms with Gasteiger partial charge in [-0.15, -0.1) is 0 Å². The number of likely N-dealkylation sites (N-methyl/N-ethyl adjacent to an activating group) is 1. The van der Waals surface area contributed by atoms with Crippen LogP contribution in [0.5, 0.6) is 5.75 Å². The molecular weight excluding hydrogens is 318 g/mol. The molecule has 0 aliphatic carbocycles. The first-order valence-corrected chi connectivity index (χ1v) is 8.38. The molecule has 3 aromatic rings. The number of aryl methyl sites for hydroxylation is 1. The van der Waals surface area contributed by atoms with Crippen molar-refractivity contribution in [2.75, 3.05) is 20.7 Å². The van der Waals surface area contributed by atoms with Gasteiger partial charge in [-0.1, -0.05) is 0 Å². The molecule has 0 saturated heterocycles. The molecule has 25 heavy (non-hydrogen) atoms. The van der Waals surface area contributed by atoms with Gasteiger partial charge in [0.05, 0.1) is 24.5 Å². The lowest BCUT2D eigenvalue weighted by Crippen LogP contribution is -2.29. The number of hydrogen-bond donors (Lipinski definition) is 1. The minimum Gasteiger partial charge on any atom is -0.497 e. The predicted octanol–water partition coefficient (Wildman–Crippen LogP) is 2.25. The number of nitrogens with one attached hydrogen (secondary N) is 1. The Morgan fingerprint density at radius 1 is 1.40 bits per heavy atom. The van der Waals surface area contributed by atoms with Gasteiger partial charge in [-0.3, -0.25) is 4.79 Å². The fraction of sp³-hybridized carbons (Fsp3) is 0.389. The third-order valence-electron chi connectivity index (χ3n) is 4.21. The molecule has 0 atom stereocenters. The first-order valence-electron chi connectivity index (χ1n) is 8.38. The van der Waals surface area contributed by atoms with E-state index in [0.29, 0.717) is 19.4 Å². The average Bonchev–Trinajstić information content (AvgIpc) is 3.27. The van der Waals surface area contributed by atoms with Gasteiger partial charge in [0.15, 0.2) is 0 Å². The van der Waals surface area contributed by atoms with E-state index in [4.69, 9.17) is 4.74 Å². The third kappa shape index (κ3) is 4.37. The van der Waals surface area contributed by atoms with Gasteiger partial charge in [-0.2, -0.15) is 0 Å². The maximum Gasteiger partial charge on any atom is 0.222 e. The molecule has 132 valence electrons. The van der Waals surface area contributed by atoms with Crippen molar-refractivity contribution >= 4 is 16.9 Å². The number of rotatable bonds is 8. The van der Waals surface area contributed by atoms with E-state index in [9.17, 15) is 4.79 Å².